The molecule has 0 aliphatic rings. The summed E-state index contributed by atoms with van der Waals surface area (Å²) in [5.74, 6) is -1.15. The van der Waals surface area contributed by atoms with Crippen LogP contribution in [0.5, 0.6) is 0 Å². The van der Waals surface area contributed by atoms with E-state index in [-0.39, 0.29) is 10.6 Å². The van der Waals surface area contributed by atoms with Crippen molar-refractivity contribution in [3.63, 3.8) is 0 Å². The van der Waals surface area contributed by atoms with Crippen LogP contribution in [-0.2, 0) is 11.0 Å². The average molecular weight is 430 g/mol. The van der Waals surface area contributed by atoms with Crippen LogP contribution in [0, 0.1) is 21.4 Å². The van der Waals surface area contributed by atoms with Crippen LogP contribution >= 0.6 is 23.2 Å². The highest BCUT2D eigenvalue weighted by Gasteiger charge is 2.35. The summed E-state index contributed by atoms with van der Waals surface area (Å²) in [6.45, 7) is 0. The predicted molar refractivity (Wildman–Crippen MR) is 96.8 cm³/mol. The topological polar surface area (TPSA) is 96.0 Å². The highest BCUT2D eigenvalue weighted by molar-refractivity contribution is 6.35. The molecule has 2 rings (SSSR count). The maximum absolute atomic E-state index is 13.2. The molecular weight excluding hydrogens is 422 g/mol. The highest BCUT2D eigenvalue weighted by atomic mass is 35.5. The normalized spacial score (nSPS) is 11.6. The van der Waals surface area contributed by atoms with Crippen molar-refractivity contribution >= 4 is 46.6 Å². The van der Waals surface area contributed by atoms with Gasteiger partial charge in [0.1, 0.15) is 11.6 Å². The molecule has 144 valence electrons. The van der Waals surface area contributed by atoms with Gasteiger partial charge < -0.3 is 5.32 Å². The summed E-state index contributed by atoms with van der Waals surface area (Å²) in [6.07, 6.45) is -3.89. The zero-order valence-electron chi connectivity index (χ0n) is 13.6. The molecule has 0 fully saturated rings. The fourth-order valence-electron chi connectivity index (χ4n) is 2.10. The second kappa shape index (κ2) is 8.29. The summed E-state index contributed by atoms with van der Waals surface area (Å²) in [4.78, 5) is 22.0. The van der Waals surface area contributed by atoms with Crippen molar-refractivity contribution in [2.24, 2.45) is 0 Å². The molecule has 0 heterocycles. The van der Waals surface area contributed by atoms with Gasteiger partial charge in [-0.25, -0.2) is 0 Å². The number of halogens is 5. The Morgan fingerprint density at radius 1 is 1.21 bits per heavy atom. The van der Waals surface area contributed by atoms with E-state index in [1.54, 1.807) is 6.07 Å². The van der Waals surface area contributed by atoms with Crippen LogP contribution in [0.1, 0.15) is 11.1 Å². The SMILES string of the molecule is N#C/C(=C/c1ccc(Cl)cc1Cl)C(=O)Nc1ccc([N+](=O)[O-])cc1C(F)(F)F. The zero-order chi connectivity index (χ0) is 21.1. The number of non-ortho nitro benzene ring substituents is 1. The number of hydrogen-bond donors (Lipinski definition) is 1. The molecule has 0 saturated carbocycles. The van der Waals surface area contributed by atoms with Crippen molar-refractivity contribution in [1.29, 1.82) is 5.26 Å². The second-order valence-electron chi connectivity index (χ2n) is 5.27. The molecule has 0 spiro atoms. The molecule has 28 heavy (non-hydrogen) atoms. The Morgan fingerprint density at radius 2 is 1.89 bits per heavy atom. The second-order valence-corrected chi connectivity index (χ2v) is 6.12. The number of nitrogens with one attached hydrogen (secondary N) is 1. The number of nitro groups is 1. The molecule has 2 aromatic rings. The Bertz CT molecular complexity index is 1030. The minimum Gasteiger partial charge on any atom is -0.321 e. The van der Waals surface area contributed by atoms with Crippen LogP contribution in [0.4, 0.5) is 24.5 Å². The number of carbonyl (C=O) groups excluding carboxylic acids is 1. The third kappa shape index (κ3) is 5.00. The van der Waals surface area contributed by atoms with Crippen LogP contribution in [-0.4, -0.2) is 10.8 Å². The molecule has 0 bridgehead atoms. The van der Waals surface area contributed by atoms with Crippen LogP contribution in [0.3, 0.4) is 0 Å². The van der Waals surface area contributed by atoms with Gasteiger partial charge in [-0.15, -0.1) is 0 Å². The lowest BCUT2D eigenvalue weighted by atomic mass is 10.1. The number of hydrogen-bond acceptors (Lipinski definition) is 4. The molecule has 1 amide bonds. The van der Waals surface area contributed by atoms with Crippen molar-refractivity contribution in [1.82, 2.24) is 0 Å². The lowest BCUT2D eigenvalue weighted by molar-refractivity contribution is -0.385. The highest BCUT2D eigenvalue weighted by Crippen LogP contribution is 2.37. The summed E-state index contributed by atoms with van der Waals surface area (Å²) in [6, 6.07) is 7.63. The Labute approximate surface area is 165 Å². The van der Waals surface area contributed by atoms with Gasteiger partial charge in [-0.1, -0.05) is 29.3 Å². The molecule has 0 aliphatic heterocycles. The molecule has 0 saturated heterocycles. The van der Waals surface area contributed by atoms with E-state index in [4.69, 9.17) is 28.5 Å². The van der Waals surface area contributed by atoms with E-state index in [0.29, 0.717) is 11.1 Å². The molecule has 0 unspecified atom stereocenters. The van der Waals surface area contributed by atoms with Crippen LogP contribution in [0.15, 0.2) is 42.0 Å². The van der Waals surface area contributed by atoms with Crippen LogP contribution < -0.4 is 5.32 Å². The molecule has 2 aromatic carbocycles. The number of anilines is 1. The first-order chi connectivity index (χ1) is 13.0. The summed E-state index contributed by atoms with van der Waals surface area (Å²) >= 11 is 11.7. The molecule has 0 aliphatic carbocycles. The van der Waals surface area contributed by atoms with Crippen molar-refractivity contribution in [2.75, 3.05) is 5.32 Å². The van der Waals surface area contributed by atoms with Gasteiger partial charge in [0.25, 0.3) is 11.6 Å². The first-order valence-corrected chi connectivity index (χ1v) is 8.02. The van der Waals surface area contributed by atoms with E-state index in [9.17, 15) is 28.1 Å². The summed E-state index contributed by atoms with van der Waals surface area (Å²) < 4.78 is 39.5. The summed E-state index contributed by atoms with van der Waals surface area (Å²) in [5, 5.41) is 22.3. The van der Waals surface area contributed by atoms with Gasteiger partial charge in [-0.05, 0) is 29.8 Å². The predicted octanol–water partition coefficient (Wildman–Crippen LogP) is 5.47. The quantitative estimate of drug-likeness (QED) is 0.301. The number of rotatable bonds is 4. The number of alkyl halides is 3. The van der Waals surface area contributed by atoms with E-state index < -0.39 is 39.5 Å². The lowest BCUT2D eigenvalue weighted by Crippen LogP contribution is -2.18. The molecule has 0 atom stereocenters. The molecular formula is C17H8Cl2F3N3O3. The molecule has 1 N–H and O–H groups in total. The summed E-state index contributed by atoms with van der Waals surface area (Å²) in [7, 11) is 0. The summed E-state index contributed by atoms with van der Waals surface area (Å²) in [5.41, 5.74) is -3.23. The first kappa shape index (κ1) is 21.2. The Morgan fingerprint density at radius 3 is 2.43 bits per heavy atom. The number of benzene rings is 2. The molecule has 0 aromatic heterocycles. The third-order valence-electron chi connectivity index (χ3n) is 3.39. The van der Waals surface area contributed by atoms with Crippen molar-refractivity contribution < 1.29 is 22.9 Å². The van der Waals surface area contributed by atoms with Gasteiger partial charge in [-0.2, -0.15) is 18.4 Å². The largest absolute Gasteiger partial charge is 0.418 e. The monoisotopic (exact) mass is 429 g/mol. The van der Waals surface area contributed by atoms with Crippen molar-refractivity contribution in [2.45, 2.75) is 6.18 Å². The number of nitrogens with zero attached hydrogens (tertiary/aromatic N) is 2. The van der Waals surface area contributed by atoms with E-state index >= 15 is 0 Å². The minimum atomic E-state index is -4.97. The molecule has 6 nitrogen and oxygen atoms in total. The van der Waals surface area contributed by atoms with Gasteiger partial charge >= 0.3 is 6.18 Å². The fourth-order valence-corrected chi connectivity index (χ4v) is 2.56. The Balaban J connectivity index is 2.41. The molecule has 0 radical (unpaired) electrons. The first-order valence-electron chi connectivity index (χ1n) is 7.26. The van der Waals surface area contributed by atoms with Gasteiger partial charge in [0.05, 0.1) is 16.2 Å². The number of amides is 1. The smallest absolute Gasteiger partial charge is 0.321 e. The van der Waals surface area contributed by atoms with Crippen LogP contribution in [0.2, 0.25) is 10.0 Å². The van der Waals surface area contributed by atoms with Crippen molar-refractivity contribution in [3.8, 4) is 6.07 Å². The van der Waals surface area contributed by atoms with Crippen molar-refractivity contribution in [3.05, 3.63) is 73.3 Å². The Hall–Kier alpha value is -3.09. The number of nitriles is 1. The number of carbonyl (C=O) groups is 1. The fraction of sp³-hybridized carbons (Fsp3) is 0.0588. The lowest BCUT2D eigenvalue weighted by Gasteiger charge is -2.13. The molecule has 11 heteroatoms. The standard InChI is InChI=1S/C17H8Cl2F3N3O3/c18-11-2-1-9(14(19)6-11)5-10(8-23)16(26)24-15-4-3-12(25(27)28)7-13(15)17(20,21)22/h1-7H,(H,24,26)/b10-5-. The third-order valence-corrected chi connectivity index (χ3v) is 3.96. The van der Waals surface area contributed by atoms with Gasteiger partial charge in [0.2, 0.25) is 0 Å². The van der Waals surface area contributed by atoms with Gasteiger partial charge in [0.15, 0.2) is 0 Å². The van der Waals surface area contributed by atoms with Crippen LogP contribution in [0.25, 0.3) is 6.08 Å². The van der Waals surface area contributed by atoms with E-state index in [0.717, 1.165) is 18.2 Å². The number of nitro benzene ring substituents is 1. The van der Waals surface area contributed by atoms with E-state index in [2.05, 4.69) is 0 Å². The zero-order valence-corrected chi connectivity index (χ0v) is 15.1. The average Bonchev–Trinajstić information content (AvgIpc) is 2.60. The maximum Gasteiger partial charge on any atom is 0.418 e. The van der Waals surface area contributed by atoms with Gasteiger partial charge in [0, 0.05) is 22.2 Å². The van der Waals surface area contributed by atoms with E-state index in [1.807, 2.05) is 5.32 Å². The van der Waals surface area contributed by atoms with Gasteiger partial charge in [-0.3, -0.25) is 14.9 Å². The Kier molecular flexibility index (Phi) is 6.28. The minimum absolute atomic E-state index is 0.124. The maximum atomic E-state index is 13.2. The van der Waals surface area contributed by atoms with E-state index in [1.165, 1.54) is 18.2 Å².